The summed E-state index contributed by atoms with van der Waals surface area (Å²) in [5.74, 6) is 0.360. The van der Waals surface area contributed by atoms with E-state index in [1.165, 1.54) is 25.2 Å². The number of carboxylic acid groups (broad SMARTS) is 1. The standard InChI is InChI=1S/C17H24N2O7/c1-24-10-26-14-6-5-11(8-15(14)25-2)16(21)18-12-9-19(17(22)23)7-3-4-13(12)20/h5-6,8,12-13,20H,3-4,7,9-10H2,1-2H3,(H,18,21)(H,22,23)/t12-,13-/m1/s1. The lowest BCUT2D eigenvalue weighted by Gasteiger charge is -2.25. The summed E-state index contributed by atoms with van der Waals surface area (Å²) in [5.41, 5.74) is 0.310. The van der Waals surface area contributed by atoms with Crippen molar-refractivity contribution in [2.75, 3.05) is 34.1 Å². The molecule has 1 fully saturated rings. The number of ether oxygens (including phenoxy) is 3. The SMILES string of the molecule is COCOc1ccc(C(=O)N[C@@H]2CN(C(=O)O)CCC[C@H]2O)cc1OC. The van der Waals surface area contributed by atoms with Gasteiger partial charge in [0.1, 0.15) is 0 Å². The van der Waals surface area contributed by atoms with E-state index in [2.05, 4.69) is 5.32 Å². The first-order chi connectivity index (χ1) is 12.5. The van der Waals surface area contributed by atoms with Gasteiger partial charge < -0.3 is 34.6 Å². The Kier molecular flexibility index (Phi) is 7.05. The number of likely N-dealkylation sites (tertiary alicyclic amines) is 1. The van der Waals surface area contributed by atoms with Gasteiger partial charge in [-0.25, -0.2) is 4.79 Å². The molecule has 0 saturated carbocycles. The van der Waals surface area contributed by atoms with Crippen molar-refractivity contribution in [3.63, 3.8) is 0 Å². The van der Waals surface area contributed by atoms with Crippen LogP contribution in [-0.2, 0) is 4.74 Å². The van der Waals surface area contributed by atoms with Crippen LogP contribution >= 0.6 is 0 Å². The normalized spacial score (nSPS) is 20.2. The van der Waals surface area contributed by atoms with Crippen LogP contribution in [0.25, 0.3) is 0 Å². The molecule has 1 aliphatic heterocycles. The fraction of sp³-hybridized carbons (Fsp3) is 0.529. The van der Waals surface area contributed by atoms with Crippen molar-refractivity contribution in [2.45, 2.75) is 25.0 Å². The molecule has 0 unspecified atom stereocenters. The third-order valence-electron chi connectivity index (χ3n) is 4.15. The van der Waals surface area contributed by atoms with E-state index >= 15 is 0 Å². The van der Waals surface area contributed by atoms with Crippen LogP contribution in [-0.4, -0.2) is 73.4 Å². The molecular weight excluding hydrogens is 344 g/mol. The van der Waals surface area contributed by atoms with Gasteiger partial charge in [0.05, 0.1) is 19.3 Å². The lowest BCUT2D eigenvalue weighted by Crippen LogP contribution is -2.49. The summed E-state index contributed by atoms with van der Waals surface area (Å²) in [6.45, 7) is 0.410. The molecule has 1 saturated heterocycles. The van der Waals surface area contributed by atoms with Crippen LogP contribution in [0.15, 0.2) is 18.2 Å². The highest BCUT2D eigenvalue weighted by molar-refractivity contribution is 5.95. The van der Waals surface area contributed by atoms with Gasteiger partial charge in [0.2, 0.25) is 0 Å². The first-order valence-corrected chi connectivity index (χ1v) is 8.22. The topological polar surface area (TPSA) is 118 Å². The van der Waals surface area contributed by atoms with Gasteiger partial charge >= 0.3 is 6.09 Å². The number of hydrogen-bond donors (Lipinski definition) is 3. The quantitative estimate of drug-likeness (QED) is 0.639. The molecule has 0 aliphatic carbocycles. The van der Waals surface area contributed by atoms with Crippen molar-refractivity contribution >= 4 is 12.0 Å². The Labute approximate surface area is 151 Å². The second kappa shape index (κ2) is 9.25. The molecule has 2 amide bonds. The van der Waals surface area contributed by atoms with E-state index in [9.17, 15) is 19.8 Å². The van der Waals surface area contributed by atoms with Crippen molar-refractivity contribution in [3.05, 3.63) is 23.8 Å². The highest BCUT2D eigenvalue weighted by Crippen LogP contribution is 2.28. The van der Waals surface area contributed by atoms with Gasteiger partial charge in [0, 0.05) is 25.8 Å². The average Bonchev–Trinajstić information content (AvgIpc) is 2.81. The Hall–Kier alpha value is -2.52. The predicted octanol–water partition coefficient (Wildman–Crippen LogP) is 0.911. The number of rotatable bonds is 6. The number of carbonyl (C=O) groups excluding carboxylic acids is 1. The van der Waals surface area contributed by atoms with E-state index in [4.69, 9.17) is 14.2 Å². The summed E-state index contributed by atoms with van der Waals surface area (Å²) in [6, 6.07) is 3.97. The molecule has 2 rings (SSSR count). The summed E-state index contributed by atoms with van der Waals surface area (Å²) in [6.07, 6.45) is -0.921. The fourth-order valence-electron chi connectivity index (χ4n) is 2.76. The highest BCUT2D eigenvalue weighted by Gasteiger charge is 2.29. The molecule has 0 spiro atoms. The predicted molar refractivity (Wildman–Crippen MR) is 91.6 cm³/mol. The summed E-state index contributed by atoms with van der Waals surface area (Å²) in [5, 5.41) is 22.1. The third-order valence-corrected chi connectivity index (χ3v) is 4.15. The van der Waals surface area contributed by atoms with Crippen LogP contribution in [0.5, 0.6) is 11.5 Å². The van der Waals surface area contributed by atoms with Crippen LogP contribution in [0.2, 0.25) is 0 Å². The number of nitrogens with one attached hydrogen (secondary N) is 1. The van der Waals surface area contributed by atoms with Crippen molar-refractivity contribution in [2.24, 2.45) is 0 Å². The van der Waals surface area contributed by atoms with Crippen LogP contribution in [0.1, 0.15) is 23.2 Å². The smallest absolute Gasteiger partial charge is 0.407 e. The Morgan fingerprint density at radius 1 is 1.31 bits per heavy atom. The van der Waals surface area contributed by atoms with E-state index < -0.39 is 24.1 Å². The minimum atomic E-state index is -1.07. The maximum atomic E-state index is 12.5. The minimum Gasteiger partial charge on any atom is -0.493 e. The molecule has 144 valence electrons. The lowest BCUT2D eigenvalue weighted by molar-refractivity contribution is 0.0491. The Morgan fingerprint density at radius 2 is 2.08 bits per heavy atom. The van der Waals surface area contributed by atoms with Gasteiger partial charge in [-0.2, -0.15) is 0 Å². The molecule has 26 heavy (non-hydrogen) atoms. The molecule has 1 aromatic carbocycles. The molecule has 1 aliphatic rings. The van der Waals surface area contributed by atoms with Gasteiger partial charge in [-0.15, -0.1) is 0 Å². The molecular formula is C17H24N2O7. The molecule has 0 radical (unpaired) electrons. The first-order valence-electron chi connectivity index (χ1n) is 8.22. The van der Waals surface area contributed by atoms with E-state index in [0.29, 0.717) is 36.4 Å². The Balaban J connectivity index is 2.11. The third kappa shape index (κ3) is 4.99. The van der Waals surface area contributed by atoms with Crippen molar-refractivity contribution < 1.29 is 34.0 Å². The second-order valence-corrected chi connectivity index (χ2v) is 5.93. The number of methoxy groups -OCH3 is 2. The summed E-state index contributed by atoms with van der Waals surface area (Å²) >= 11 is 0. The largest absolute Gasteiger partial charge is 0.493 e. The number of hydrogen-bond acceptors (Lipinski definition) is 6. The lowest BCUT2D eigenvalue weighted by atomic mass is 10.1. The highest BCUT2D eigenvalue weighted by atomic mass is 16.7. The number of benzene rings is 1. The number of aliphatic hydroxyl groups is 1. The van der Waals surface area contributed by atoms with Crippen molar-refractivity contribution in [1.29, 1.82) is 0 Å². The zero-order valence-corrected chi connectivity index (χ0v) is 14.8. The van der Waals surface area contributed by atoms with Gasteiger partial charge in [-0.3, -0.25) is 4.79 Å². The van der Waals surface area contributed by atoms with E-state index in [1.807, 2.05) is 0 Å². The Morgan fingerprint density at radius 3 is 2.73 bits per heavy atom. The van der Waals surface area contributed by atoms with E-state index in [0.717, 1.165) is 0 Å². The summed E-state index contributed by atoms with van der Waals surface area (Å²) in [4.78, 5) is 24.9. The van der Waals surface area contributed by atoms with Crippen LogP contribution < -0.4 is 14.8 Å². The average molecular weight is 368 g/mol. The summed E-state index contributed by atoms with van der Waals surface area (Å²) < 4.78 is 15.4. The Bertz CT molecular complexity index is 638. The van der Waals surface area contributed by atoms with Crippen LogP contribution in [0, 0.1) is 0 Å². The summed E-state index contributed by atoms with van der Waals surface area (Å²) in [7, 11) is 2.95. The number of nitrogens with zero attached hydrogens (tertiary/aromatic N) is 1. The van der Waals surface area contributed by atoms with Crippen LogP contribution in [0.4, 0.5) is 4.79 Å². The molecule has 9 heteroatoms. The second-order valence-electron chi connectivity index (χ2n) is 5.93. The molecule has 1 aromatic rings. The molecule has 0 aromatic heterocycles. The van der Waals surface area contributed by atoms with Crippen molar-refractivity contribution in [1.82, 2.24) is 10.2 Å². The first kappa shape index (κ1) is 19.8. The number of amides is 2. The van der Waals surface area contributed by atoms with Crippen LogP contribution in [0.3, 0.4) is 0 Å². The zero-order valence-electron chi connectivity index (χ0n) is 14.8. The van der Waals surface area contributed by atoms with Gasteiger partial charge in [0.25, 0.3) is 5.91 Å². The van der Waals surface area contributed by atoms with E-state index in [-0.39, 0.29) is 13.3 Å². The molecule has 3 N–H and O–H groups in total. The molecule has 0 bridgehead atoms. The molecule has 2 atom stereocenters. The minimum absolute atomic E-state index is 0.0361. The van der Waals surface area contributed by atoms with E-state index in [1.54, 1.807) is 12.1 Å². The van der Waals surface area contributed by atoms with Gasteiger partial charge in [-0.1, -0.05) is 0 Å². The van der Waals surface area contributed by atoms with Gasteiger partial charge in [-0.05, 0) is 31.0 Å². The monoisotopic (exact) mass is 368 g/mol. The van der Waals surface area contributed by atoms with Gasteiger partial charge in [0.15, 0.2) is 18.3 Å². The number of aliphatic hydroxyl groups excluding tert-OH is 1. The molecule has 1 heterocycles. The number of carbonyl (C=O) groups is 2. The molecule has 9 nitrogen and oxygen atoms in total. The maximum Gasteiger partial charge on any atom is 0.407 e. The zero-order chi connectivity index (χ0) is 19.1. The van der Waals surface area contributed by atoms with Crippen molar-refractivity contribution in [3.8, 4) is 11.5 Å². The fourth-order valence-corrected chi connectivity index (χ4v) is 2.76. The maximum absolute atomic E-state index is 12.5.